The zero-order valence-corrected chi connectivity index (χ0v) is 14.2. The van der Waals surface area contributed by atoms with E-state index in [1.807, 2.05) is 6.07 Å². The Kier molecular flexibility index (Phi) is 5.30. The number of hydrogen-bond acceptors (Lipinski definition) is 7. The van der Waals surface area contributed by atoms with Gasteiger partial charge in [-0.1, -0.05) is 42.5 Å². The highest BCUT2D eigenvalue weighted by Crippen LogP contribution is 2.42. The van der Waals surface area contributed by atoms with Crippen molar-refractivity contribution in [2.45, 2.75) is 18.5 Å². The van der Waals surface area contributed by atoms with Crippen LogP contribution >= 0.6 is 0 Å². The van der Waals surface area contributed by atoms with Crippen molar-refractivity contribution in [2.24, 2.45) is 5.14 Å². The van der Waals surface area contributed by atoms with Crippen LogP contribution in [0.1, 0.15) is 23.5 Å². The Hall–Kier alpha value is -2.37. The van der Waals surface area contributed by atoms with Crippen molar-refractivity contribution in [1.82, 2.24) is 0 Å². The molecule has 10 heteroatoms. The smallest absolute Gasteiger partial charge is 0.333 e. The molecule has 0 radical (unpaired) electrons. The first-order valence-electron chi connectivity index (χ1n) is 7.61. The van der Waals surface area contributed by atoms with E-state index in [0.29, 0.717) is 5.56 Å². The molecule has 2 N–H and O–H groups in total. The maximum atomic E-state index is 11.3. The van der Waals surface area contributed by atoms with Crippen LogP contribution in [0.4, 0.5) is 5.69 Å². The molecule has 2 aromatic rings. The topological polar surface area (TPSA) is 131 Å². The number of ether oxygens (including phenoxy) is 2. The largest absolute Gasteiger partial charge is 0.340 e. The van der Waals surface area contributed by atoms with Crippen LogP contribution in [-0.2, 0) is 24.0 Å². The maximum Gasteiger partial charge on any atom is 0.333 e. The van der Waals surface area contributed by atoms with Crippen LogP contribution in [0, 0.1) is 10.1 Å². The van der Waals surface area contributed by atoms with E-state index in [2.05, 4.69) is 4.18 Å². The molecule has 1 aliphatic heterocycles. The highest BCUT2D eigenvalue weighted by molar-refractivity contribution is 7.84. The fourth-order valence-electron chi connectivity index (χ4n) is 2.71. The zero-order valence-electron chi connectivity index (χ0n) is 13.4. The molecule has 1 saturated heterocycles. The molecule has 9 nitrogen and oxygen atoms in total. The van der Waals surface area contributed by atoms with Gasteiger partial charge in [0.1, 0.15) is 12.2 Å². The summed E-state index contributed by atoms with van der Waals surface area (Å²) in [6, 6.07) is 15.0. The molecule has 1 aliphatic rings. The van der Waals surface area contributed by atoms with Crippen LogP contribution in [0.25, 0.3) is 0 Å². The maximum absolute atomic E-state index is 11.3. The number of para-hydroxylation sites is 1. The van der Waals surface area contributed by atoms with E-state index in [4.69, 9.17) is 14.6 Å². The van der Waals surface area contributed by atoms with E-state index >= 15 is 0 Å². The van der Waals surface area contributed by atoms with Crippen molar-refractivity contribution >= 4 is 16.0 Å². The first-order chi connectivity index (χ1) is 12.3. The lowest BCUT2D eigenvalue weighted by Gasteiger charge is -2.16. The molecule has 0 amide bonds. The summed E-state index contributed by atoms with van der Waals surface area (Å²) in [5.74, 6) is 0. The second-order valence-corrected chi connectivity index (χ2v) is 6.79. The number of nitrogens with two attached hydrogens (primary N) is 1. The fourth-order valence-corrected chi connectivity index (χ4v) is 3.03. The summed E-state index contributed by atoms with van der Waals surface area (Å²) in [5.41, 5.74) is 0.795. The third-order valence-electron chi connectivity index (χ3n) is 3.81. The lowest BCUT2D eigenvalue weighted by molar-refractivity contribution is -0.386. The van der Waals surface area contributed by atoms with E-state index in [1.54, 1.807) is 30.3 Å². The number of nitro groups is 1. The van der Waals surface area contributed by atoms with Gasteiger partial charge in [-0.2, -0.15) is 8.42 Å². The molecule has 0 bridgehead atoms. The summed E-state index contributed by atoms with van der Waals surface area (Å²) < 4.78 is 38.5. The highest BCUT2D eigenvalue weighted by atomic mass is 32.2. The standard InChI is InChI=1S/C16H16N2O7S/c17-26(21,22)23-10-14-15(12-8-4-5-9-13(12)18(19)20)25-16(24-14)11-6-2-1-3-7-11/h1-9,14-16H,10H2,(H2,17,21,22)/t14-,15-,16?/m1/s1. The van der Waals surface area contributed by atoms with Gasteiger partial charge in [-0.15, -0.1) is 0 Å². The van der Waals surface area contributed by atoms with Crippen LogP contribution < -0.4 is 5.14 Å². The first kappa shape index (κ1) is 18.4. The quantitative estimate of drug-likeness (QED) is 0.598. The van der Waals surface area contributed by atoms with Gasteiger partial charge in [0.15, 0.2) is 6.29 Å². The lowest BCUT2D eigenvalue weighted by Crippen LogP contribution is -2.27. The van der Waals surface area contributed by atoms with Crippen LogP contribution in [0.5, 0.6) is 0 Å². The minimum Gasteiger partial charge on any atom is -0.340 e. The van der Waals surface area contributed by atoms with Crippen LogP contribution in [0.3, 0.4) is 0 Å². The summed E-state index contributed by atoms with van der Waals surface area (Å²) in [4.78, 5) is 10.8. The highest BCUT2D eigenvalue weighted by Gasteiger charge is 2.41. The molecule has 3 rings (SSSR count). The van der Waals surface area contributed by atoms with Crippen molar-refractivity contribution in [2.75, 3.05) is 6.61 Å². The Morgan fingerprint density at radius 2 is 1.73 bits per heavy atom. The average molecular weight is 380 g/mol. The molecule has 2 aromatic carbocycles. The minimum absolute atomic E-state index is 0.157. The zero-order chi connectivity index (χ0) is 18.7. The van der Waals surface area contributed by atoms with E-state index in [1.165, 1.54) is 18.2 Å². The van der Waals surface area contributed by atoms with Gasteiger partial charge in [-0.3, -0.25) is 14.3 Å². The van der Waals surface area contributed by atoms with Gasteiger partial charge in [0.2, 0.25) is 0 Å². The first-order valence-corrected chi connectivity index (χ1v) is 9.08. The number of nitro benzene ring substituents is 1. The molecule has 26 heavy (non-hydrogen) atoms. The van der Waals surface area contributed by atoms with Crippen molar-refractivity contribution in [3.05, 3.63) is 75.8 Å². The minimum atomic E-state index is -4.20. The number of hydrogen-bond donors (Lipinski definition) is 1. The molecular formula is C16H16N2O7S. The van der Waals surface area contributed by atoms with Crippen LogP contribution in [0.2, 0.25) is 0 Å². The third-order valence-corrected chi connectivity index (χ3v) is 4.28. The molecule has 0 aromatic heterocycles. The molecule has 0 aliphatic carbocycles. The predicted octanol–water partition coefficient (Wildman–Crippen LogP) is 1.97. The summed E-state index contributed by atoms with van der Waals surface area (Å²) in [6.45, 7) is -0.432. The van der Waals surface area contributed by atoms with Crippen molar-refractivity contribution in [1.29, 1.82) is 0 Å². The van der Waals surface area contributed by atoms with Gasteiger partial charge in [-0.05, 0) is 6.07 Å². The van der Waals surface area contributed by atoms with Crippen LogP contribution in [0.15, 0.2) is 54.6 Å². The Morgan fingerprint density at radius 3 is 2.38 bits per heavy atom. The van der Waals surface area contributed by atoms with Crippen LogP contribution in [-0.4, -0.2) is 26.1 Å². The Morgan fingerprint density at radius 1 is 1.08 bits per heavy atom. The van der Waals surface area contributed by atoms with Crippen molar-refractivity contribution in [3.8, 4) is 0 Å². The molecular weight excluding hydrogens is 364 g/mol. The summed E-state index contributed by atoms with van der Waals surface area (Å²) in [7, 11) is -4.20. The summed E-state index contributed by atoms with van der Waals surface area (Å²) in [5, 5.41) is 16.2. The summed E-state index contributed by atoms with van der Waals surface area (Å²) >= 11 is 0. The predicted molar refractivity (Wildman–Crippen MR) is 90.0 cm³/mol. The number of benzene rings is 2. The van der Waals surface area contributed by atoms with E-state index in [-0.39, 0.29) is 11.3 Å². The Balaban J connectivity index is 1.93. The SMILES string of the molecule is NS(=O)(=O)OC[C@H]1OC(c2ccccc2)O[C@@H]1c1ccccc1[N+](=O)[O-]. The van der Waals surface area contributed by atoms with Crippen molar-refractivity contribution in [3.63, 3.8) is 0 Å². The molecule has 3 atom stereocenters. The van der Waals surface area contributed by atoms with Gasteiger partial charge in [0.25, 0.3) is 5.69 Å². The second kappa shape index (κ2) is 7.48. The van der Waals surface area contributed by atoms with Gasteiger partial charge in [-0.25, -0.2) is 5.14 Å². The van der Waals surface area contributed by atoms with Gasteiger partial charge < -0.3 is 9.47 Å². The normalized spacial score (nSPS) is 23.0. The molecule has 1 fully saturated rings. The Labute approximate surface area is 149 Å². The molecule has 138 valence electrons. The lowest BCUT2D eigenvalue weighted by atomic mass is 10.0. The molecule has 1 heterocycles. The molecule has 0 saturated carbocycles. The van der Waals surface area contributed by atoms with Crippen molar-refractivity contribution < 1.29 is 27.0 Å². The number of rotatable bonds is 6. The van der Waals surface area contributed by atoms with E-state index in [9.17, 15) is 18.5 Å². The monoisotopic (exact) mass is 380 g/mol. The Bertz CT molecular complexity index is 888. The summed E-state index contributed by atoms with van der Waals surface area (Å²) in [6.07, 6.45) is -2.63. The second-order valence-electron chi connectivity index (χ2n) is 5.57. The van der Waals surface area contributed by atoms with Gasteiger partial charge >= 0.3 is 10.3 Å². The fraction of sp³-hybridized carbons (Fsp3) is 0.250. The van der Waals surface area contributed by atoms with Gasteiger partial charge in [0, 0.05) is 11.6 Å². The third kappa shape index (κ3) is 4.23. The average Bonchev–Trinajstić information content (AvgIpc) is 3.04. The molecule has 1 unspecified atom stereocenters. The number of nitrogens with zero attached hydrogens (tertiary/aromatic N) is 1. The van der Waals surface area contributed by atoms with E-state index in [0.717, 1.165) is 0 Å². The molecule has 0 spiro atoms. The van der Waals surface area contributed by atoms with E-state index < -0.39 is 40.3 Å². The van der Waals surface area contributed by atoms with Gasteiger partial charge in [0.05, 0.1) is 17.1 Å².